The summed E-state index contributed by atoms with van der Waals surface area (Å²) >= 11 is 3.09. The molecule has 4 aromatic heterocycles. The van der Waals surface area contributed by atoms with Crippen LogP contribution >= 0.6 is 35.7 Å². The van der Waals surface area contributed by atoms with Crippen LogP contribution < -0.4 is 35.5 Å². The van der Waals surface area contributed by atoms with Crippen LogP contribution in [0.15, 0.2) is 191 Å². The molecule has 2 atom stereocenters. The van der Waals surface area contributed by atoms with Gasteiger partial charge in [0.05, 0.1) is 62.1 Å². The molecule has 1 aliphatic heterocycles. The predicted octanol–water partition coefficient (Wildman–Crippen LogP) is 12.3. The van der Waals surface area contributed by atoms with Crippen LogP contribution in [0.4, 0.5) is 38.0 Å². The van der Waals surface area contributed by atoms with Crippen molar-refractivity contribution in [1.29, 1.82) is 0 Å². The molecule has 0 spiro atoms. The molecule has 18 nitrogen and oxygen atoms in total. The van der Waals surface area contributed by atoms with E-state index in [0.717, 1.165) is 6.07 Å². The van der Waals surface area contributed by atoms with Crippen LogP contribution in [0.3, 0.4) is 0 Å². The van der Waals surface area contributed by atoms with Crippen molar-refractivity contribution in [1.82, 2.24) is 19.4 Å². The number of hydrogen-bond acceptors (Lipinski definition) is 14. The number of benzene rings is 6. The first-order chi connectivity index (χ1) is 40.7. The third-order valence-corrected chi connectivity index (χ3v) is 17.1. The van der Waals surface area contributed by atoms with E-state index < -0.39 is 74.0 Å². The highest BCUT2D eigenvalue weighted by Gasteiger charge is 2.51. The molecule has 0 bridgehead atoms. The quantitative estimate of drug-likeness (QED) is 0.0587. The Kier molecular flexibility index (Phi) is 21.0. The Hall–Kier alpha value is -7.84. The fraction of sp³-hybridized carbons (Fsp3) is 0.172. The van der Waals surface area contributed by atoms with E-state index in [1.165, 1.54) is 163 Å². The van der Waals surface area contributed by atoms with Crippen molar-refractivity contribution in [2.24, 2.45) is 0 Å². The van der Waals surface area contributed by atoms with Gasteiger partial charge < -0.3 is 27.8 Å². The maximum absolute atomic E-state index is 15.3. The van der Waals surface area contributed by atoms with Gasteiger partial charge in [-0.15, -0.1) is 0 Å². The second-order valence-corrected chi connectivity index (χ2v) is 24.1. The van der Waals surface area contributed by atoms with Crippen LogP contribution in [0.5, 0.6) is 11.5 Å². The van der Waals surface area contributed by atoms with Crippen LogP contribution in [0.25, 0.3) is 44.3 Å². The Morgan fingerprint density at radius 2 is 1.02 bits per heavy atom. The molecule has 0 amide bonds. The number of nitrogens with one attached hydrogen (secondary N) is 2. The van der Waals surface area contributed by atoms with Gasteiger partial charge in [0.1, 0.15) is 35.7 Å². The summed E-state index contributed by atoms with van der Waals surface area (Å²) in [6, 6.07) is 32.8. The summed E-state index contributed by atoms with van der Waals surface area (Å²) < 4.78 is 171. The number of methoxy groups -OCH3 is 2. The molecule has 0 radical (unpaired) electrons. The summed E-state index contributed by atoms with van der Waals surface area (Å²) in [5, 5.41) is 7.86. The van der Waals surface area contributed by atoms with Crippen molar-refractivity contribution < 1.29 is 71.0 Å². The number of halogens is 7. The second kappa shape index (κ2) is 27.3. The van der Waals surface area contributed by atoms with Crippen LogP contribution in [0, 0.1) is 11.6 Å². The number of hydrogen-bond donors (Lipinski definition) is 2. The molecule has 11 rings (SSSR count). The molecular weight excluding hydrogens is 1300 g/mol. The maximum Gasteiger partial charge on any atom is 0.494 e. The van der Waals surface area contributed by atoms with Crippen molar-refractivity contribution in [3.8, 4) is 34.0 Å². The van der Waals surface area contributed by atoms with Gasteiger partial charge in [-0.3, -0.25) is 28.2 Å². The minimum atomic E-state index is -4.03. The van der Waals surface area contributed by atoms with Crippen LogP contribution in [0.1, 0.15) is 51.7 Å². The van der Waals surface area contributed by atoms with E-state index >= 15 is 4.39 Å². The van der Waals surface area contributed by atoms with E-state index in [2.05, 4.69) is 44.7 Å². The van der Waals surface area contributed by atoms with E-state index in [1.54, 1.807) is 12.1 Å². The number of fused-ring (bicyclic) bond motifs is 2. The molecule has 88 heavy (non-hydrogen) atoms. The molecular formula is C58H54BBrF6N6O12P2S2. The molecule has 30 heteroatoms. The SMILES string of the molecule is CC1(C)OB(c2cccc(C(F)F)c2)OC1(C)C.COc1cc(-c2cccc(C(F)F)c2)c(F)cc1-n1c(=O)ccc2cc(S(=O)(=O)Nc3ccon3)ccc21.COc1cc(Br)c(F)cc1-n1c(=O)ccc2cc(S(=O)(=O)Nc3ccon3)ccc21.P.P. The van der Waals surface area contributed by atoms with E-state index in [-0.39, 0.29) is 96.3 Å². The van der Waals surface area contributed by atoms with Gasteiger partial charge in [-0.25, -0.2) is 43.2 Å². The molecule has 1 aliphatic rings. The lowest BCUT2D eigenvalue weighted by Gasteiger charge is -2.32. The minimum absolute atomic E-state index is 0. The number of rotatable bonds is 14. The van der Waals surface area contributed by atoms with Crippen molar-refractivity contribution in [3.05, 3.63) is 206 Å². The first-order valence-corrected chi connectivity index (χ1v) is 29.2. The van der Waals surface area contributed by atoms with Gasteiger partial charge >= 0.3 is 7.12 Å². The third-order valence-electron chi connectivity index (χ3n) is 13.8. The monoisotopic (exact) mass is 1360 g/mol. The molecule has 5 heterocycles. The lowest BCUT2D eigenvalue weighted by molar-refractivity contribution is 0.00578. The van der Waals surface area contributed by atoms with E-state index in [0.29, 0.717) is 21.8 Å². The Balaban J connectivity index is 0.000000197. The average molecular weight is 1360 g/mol. The first kappa shape index (κ1) is 67.7. The van der Waals surface area contributed by atoms with Crippen molar-refractivity contribution in [2.75, 3.05) is 23.7 Å². The van der Waals surface area contributed by atoms with Gasteiger partial charge in [0.25, 0.3) is 44.0 Å². The fourth-order valence-corrected chi connectivity index (χ4v) is 11.2. The Bertz CT molecular complexity index is 4520. The lowest BCUT2D eigenvalue weighted by Crippen LogP contribution is -2.41. The number of ether oxygens (including phenoxy) is 2. The summed E-state index contributed by atoms with van der Waals surface area (Å²) in [7, 11) is -5.82. The summed E-state index contributed by atoms with van der Waals surface area (Å²) in [5.41, 5.74) is -0.414. The fourth-order valence-electron chi connectivity index (χ4n) is 8.82. The number of pyridine rings is 2. The molecule has 2 N–H and O–H groups in total. The molecule has 0 aliphatic carbocycles. The average Bonchev–Trinajstić information content (AvgIpc) is 0.988. The van der Waals surface area contributed by atoms with Crippen LogP contribution in [0.2, 0.25) is 0 Å². The first-order valence-electron chi connectivity index (χ1n) is 25.4. The van der Waals surface area contributed by atoms with Crippen molar-refractivity contribution in [3.63, 3.8) is 0 Å². The Morgan fingerprint density at radius 3 is 1.48 bits per heavy atom. The molecule has 0 saturated carbocycles. The molecule has 462 valence electrons. The zero-order valence-electron chi connectivity index (χ0n) is 47.3. The van der Waals surface area contributed by atoms with Gasteiger partial charge in [-0.1, -0.05) is 52.8 Å². The topological polar surface area (TPSA) is 225 Å². The standard InChI is InChI=1S/C26H18F3N3O5S.C19H13BrFN3O5S.C13H17BF2O2.2H3P/c1-36-23-13-19(15-3-2-4-17(11-15)26(28)29)20(27)14-22(23)32-21-7-6-18(12-16(21)5-8-25(32)33)38(34,35)31-24-9-10-37-30-24;1-28-17-9-13(20)14(21)10-16(17)24-15-4-3-12(8-11(15)2-5-19(24)25)30(26,27)23-18-6-7-29-22-18;1-12(2)13(3,4)18-14(17-12)10-7-5-6-9(8-10)11(15)16;;/h2-14,26H,1H3,(H,30,31);2-10H,1H3,(H,22,23);5-8,11H,1-4H3;2*1H3. The van der Waals surface area contributed by atoms with E-state index in [1.807, 2.05) is 27.7 Å². The largest absolute Gasteiger partial charge is 0.495 e. The van der Waals surface area contributed by atoms with Crippen LogP contribution in [-0.2, 0) is 29.4 Å². The zero-order chi connectivity index (χ0) is 62.0. The number of anilines is 2. The van der Waals surface area contributed by atoms with Gasteiger partial charge in [0.2, 0.25) is 0 Å². The Morgan fingerprint density at radius 1 is 0.568 bits per heavy atom. The van der Waals surface area contributed by atoms with E-state index in [4.69, 9.17) is 18.8 Å². The van der Waals surface area contributed by atoms with Crippen molar-refractivity contribution in [2.45, 2.75) is 61.5 Å². The van der Waals surface area contributed by atoms with Gasteiger partial charge in [-0.2, -0.15) is 19.8 Å². The second-order valence-electron chi connectivity index (χ2n) is 19.9. The van der Waals surface area contributed by atoms with E-state index in [9.17, 15) is 48.4 Å². The zero-order valence-corrected chi connectivity index (χ0v) is 53.4. The number of sulfonamides is 2. The van der Waals surface area contributed by atoms with Crippen LogP contribution in [-0.4, -0.2) is 68.8 Å². The highest BCUT2D eigenvalue weighted by Crippen LogP contribution is 2.38. The lowest BCUT2D eigenvalue weighted by atomic mass is 9.78. The smallest absolute Gasteiger partial charge is 0.494 e. The molecule has 6 aromatic carbocycles. The maximum atomic E-state index is 15.3. The number of nitrogens with zero attached hydrogens (tertiary/aromatic N) is 4. The summed E-state index contributed by atoms with van der Waals surface area (Å²) in [5.74, 6) is -0.951. The highest BCUT2D eigenvalue weighted by molar-refractivity contribution is 9.10. The molecule has 10 aromatic rings. The van der Waals surface area contributed by atoms with Gasteiger partial charge in [-0.05, 0) is 121 Å². The normalized spacial score (nSPS) is 13.4. The summed E-state index contributed by atoms with van der Waals surface area (Å²) in [6.07, 6.45) is -2.76. The van der Waals surface area contributed by atoms with Gasteiger partial charge in [0, 0.05) is 63.9 Å². The molecule has 1 saturated heterocycles. The number of alkyl halides is 4. The number of aromatic nitrogens is 4. The summed E-state index contributed by atoms with van der Waals surface area (Å²) in [4.78, 5) is 25.4. The Labute approximate surface area is 514 Å². The third kappa shape index (κ3) is 14.5. The minimum Gasteiger partial charge on any atom is -0.495 e. The molecule has 2 unspecified atom stereocenters. The molecule has 1 fully saturated rings. The highest BCUT2D eigenvalue weighted by atomic mass is 79.9. The summed E-state index contributed by atoms with van der Waals surface area (Å²) in [6.45, 7) is 7.74. The van der Waals surface area contributed by atoms with Crippen molar-refractivity contribution >= 4 is 102 Å². The predicted molar refractivity (Wildman–Crippen MR) is 334 cm³/mol. The van der Waals surface area contributed by atoms with Gasteiger partial charge in [0.15, 0.2) is 11.6 Å².